The summed E-state index contributed by atoms with van der Waals surface area (Å²) in [7, 11) is 1.65. The van der Waals surface area contributed by atoms with Gasteiger partial charge < -0.3 is 19.5 Å². The van der Waals surface area contributed by atoms with E-state index in [1.807, 2.05) is 31.2 Å². The van der Waals surface area contributed by atoms with Crippen molar-refractivity contribution >= 4 is 22.9 Å². The first-order valence-corrected chi connectivity index (χ1v) is 8.82. The number of hydrogen-bond acceptors (Lipinski definition) is 5. The first-order chi connectivity index (χ1) is 13.0. The highest BCUT2D eigenvalue weighted by atomic mass is 16.5. The number of nitrogens with zero attached hydrogens (tertiary/aromatic N) is 4. The summed E-state index contributed by atoms with van der Waals surface area (Å²) in [5.74, 6) is -0.371. The molecule has 1 aliphatic heterocycles. The van der Waals surface area contributed by atoms with Crippen LogP contribution < -0.4 is 15.9 Å². The molecule has 1 aliphatic rings. The number of amides is 1. The van der Waals surface area contributed by atoms with Crippen molar-refractivity contribution in [3.05, 3.63) is 58.4 Å². The maximum Gasteiger partial charge on any atom is 0.334 e. The minimum absolute atomic E-state index is 0.214. The van der Waals surface area contributed by atoms with E-state index in [1.165, 1.54) is 15.2 Å². The second-order valence-electron chi connectivity index (χ2n) is 6.61. The summed E-state index contributed by atoms with van der Waals surface area (Å²) in [6.45, 7) is 5.02. The third-order valence-corrected chi connectivity index (χ3v) is 4.73. The number of ether oxygens (including phenoxy) is 1. The molecular formula is C19H21N5O3. The van der Waals surface area contributed by atoms with Crippen LogP contribution in [0.1, 0.15) is 16.1 Å². The number of carbonyl (C=O) groups excluding carboxylic acids is 1. The molecule has 3 aromatic rings. The number of nitrogens with one attached hydrogen (secondary N) is 1. The predicted octanol–water partition coefficient (Wildman–Crippen LogP) is 1.43. The summed E-state index contributed by atoms with van der Waals surface area (Å²) in [5, 5.41) is 2.84. The average Bonchev–Trinajstić information content (AvgIpc) is 3.13. The zero-order valence-electron chi connectivity index (χ0n) is 15.3. The second kappa shape index (κ2) is 6.88. The van der Waals surface area contributed by atoms with E-state index in [-0.39, 0.29) is 17.3 Å². The number of carbonyl (C=O) groups is 1. The fourth-order valence-electron chi connectivity index (χ4n) is 3.32. The molecule has 1 saturated heterocycles. The van der Waals surface area contributed by atoms with Gasteiger partial charge in [0, 0.05) is 43.3 Å². The van der Waals surface area contributed by atoms with E-state index in [2.05, 4.69) is 15.2 Å². The van der Waals surface area contributed by atoms with Gasteiger partial charge in [0.05, 0.1) is 19.4 Å². The standard InChI is InChI=1S/C19H21N5O3/c1-13-12-22(2)19(26)24-16(11-20-17(13)24)18(25)21-14-3-5-15(6-4-14)23-7-9-27-10-8-23/h3-6,11-12H,7-10H2,1-2H3,(H,21,25). The Bertz CT molecular complexity index is 1050. The molecule has 1 fully saturated rings. The van der Waals surface area contributed by atoms with Crippen molar-refractivity contribution in [2.24, 2.45) is 7.05 Å². The molecule has 3 heterocycles. The Morgan fingerprint density at radius 3 is 2.59 bits per heavy atom. The summed E-state index contributed by atoms with van der Waals surface area (Å²) in [4.78, 5) is 31.6. The summed E-state index contributed by atoms with van der Waals surface area (Å²) < 4.78 is 8.15. The summed E-state index contributed by atoms with van der Waals surface area (Å²) in [5.41, 5.74) is 2.98. The number of aromatic nitrogens is 3. The zero-order valence-corrected chi connectivity index (χ0v) is 15.3. The molecule has 0 atom stereocenters. The van der Waals surface area contributed by atoms with Crippen LogP contribution in [-0.2, 0) is 11.8 Å². The first-order valence-electron chi connectivity index (χ1n) is 8.82. The van der Waals surface area contributed by atoms with Crippen molar-refractivity contribution in [3.63, 3.8) is 0 Å². The Labute approximate surface area is 156 Å². The van der Waals surface area contributed by atoms with Gasteiger partial charge in [-0.3, -0.25) is 4.79 Å². The summed E-state index contributed by atoms with van der Waals surface area (Å²) >= 11 is 0. The average molecular weight is 367 g/mol. The van der Waals surface area contributed by atoms with E-state index in [9.17, 15) is 9.59 Å². The fraction of sp³-hybridized carbons (Fsp3) is 0.316. The van der Waals surface area contributed by atoms with Crippen LogP contribution in [0.15, 0.2) is 41.5 Å². The number of aryl methyl sites for hydroxylation is 2. The molecule has 0 aliphatic carbocycles. The third-order valence-electron chi connectivity index (χ3n) is 4.73. The Morgan fingerprint density at radius 2 is 1.89 bits per heavy atom. The Morgan fingerprint density at radius 1 is 1.19 bits per heavy atom. The molecule has 2 aromatic heterocycles. The maximum absolute atomic E-state index is 12.7. The van der Waals surface area contributed by atoms with Gasteiger partial charge in [0.15, 0.2) is 0 Å². The minimum atomic E-state index is -0.371. The van der Waals surface area contributed by atoms with Crippen molar-refractivity contribution in [1.29, 1.82) is 0 Å². The lowest BCUT2D eigenvalue weighted by molar-refractivity contribution is 0.102. The molecule has 27 heavy (non-hydrogen) atoms. The summed E-state index contributed by atoms with van der Waals surface area (Å²) in [6, 6.07) is 7.65. The van der Waals surface area contributed by atoms with Crippen molar-refractivity contribution in [3.8, 4) is 0 Å². The van der Waals surface area contributed by atoms with Gasteiger partial charge in [0.2, 0.25) is 0 Å². The molecule has 0 radical (unpaired) electrons. The Kier molecular flexibility index (Phi) is 4.41. The molecule has 0 bridgehead atoms. The molecule has 4 rings (SSSR count). The van der Waals surface area contributed by atoms with Crippen molar-refractivity contribution in [2.45, 2.75) is 6.92 Å². The fourth-order valence-corrected chi connectivity index (χ4v) is 3.32. The molecule has 0 unspecified atom stereocenters. The van der Waals surface area contributed by atoms with E-state index in [4.69, 9.17) is 4.74 Å². The van der Waals surface area contributed by atoms with E-state index in [1.54, 1.807) is 13.2 Å². The Balaban J connectivity index is 1.58. The van der Waals surface area contributed by atoms with Crippen LogP contribution in [0.2, 0.25) is 0 Å². The minimum Gasteiger partial charge on any atom is -0.378 e. The van der Waals surface area contributed by atoms with Crippen molar-refractivity contribution in [2.75, 3.05) is 36.5 Å². The van der Waals surface area contributed by atoms with Gasteiger partial charge in [-0.1, -0.05) is 0 Å². The van der Waals surface area contributed by atoms with Crippen molar-refractivity contribution in [1.82, 2.24) is 14.0 Å². The number of hydrogen-bond donors (Lipinski definition) is 1. The summed E-state index contributed by atoms with van der Waals surface area (Å²) in [6.07, 6.45) is 3.14. The molecule has 1 aromatic carbocycles. The van der Waals surface area contributed by atoms with E-state index in [0.29, 0.717) is 11.3 Å². The van der Waals surface area contributed by atoms with Crippen LogP contribution in [0.5, 0.6) is 0 Å². The number of anilines is 2. The zero-order chi connectivity index (χ0) is 19.0. The number of morpholine rings is 1. The number of benzene rings is 1. The van der Waals surface area contributed by atoms with Gasteiger partial charge in [-0.05, 0) is 31.2 Å². The normalized spacial score (nSPS) is 14.5. The van der Waals surface area contributed by atoms with E-state index in [0.717, 1.165) is 37.6 Å². The molecule has 1 amide bonds. The predicted molar refractivity (Wildman–Crippen MR) is 103 cm³/mol. The number of imidazole rings is 1. The maximum atomic E-state index is 12.7. The van der Waals surface area contributed by atoms with Crippen LogP contribution in [0.4, 0.5) is 11.4 Å². The van der Waals surface area contributed by atoms with Crippen LogP contribution in [0.25, 0.3) is 5.65 Å². The number of rotatable bonds is 3. The largest absolute Gasteiger partial charge is 0.378 e. The SMILES string of the molecule is Cc1cn(C)c(=O)n2c(C(=O)Nc3ccc(N4CCOCC4)cc3)cnc12. The molecule has 0 spiro atoms. The lowest BCUT2D eigenvalue weighted by atomic mass is 10.2. The van der Waals surface area contributed by atoms with E-state index >= 15 is 0 Å². The third kappa shape index (κ3) is 3.19. The van der Waals surface area contributed by atoms with Gasteiger partial charge in [0.25, 0.3) is 5.91 Å². The van der Waals surface area contributed by atoms with Gasteiger partial charge >= 0.3 is 5.69 Å². The van der Waals surface area contributed by atoms with Gasteiger partial charge in [0.1, 0.15) is 11.3 Å². The topological polar surface area (TPSA) is 80.9 Å². The molecule has 8 nitrogen and oxygen atoms in total. The van der Waals surface area contributed by atoms with Gasteiger partial charge in [-0.25, -0.2) is 14.2 Å². The van der Waals surface area contributed by atoms with Gasteiger partial charge in [-0.2, -0.15) is 0 Å². The van der Waals surface area contributed by atoms with Crippen molar-refractivity contribution < 1.29 is 9.53 Å². The molecule has 140 valence electrons. The smallest absolute Gasteiger partial charge is 0.334 e. The lowest BCUT2D eigenvalue weighted by Crippen LogP contribution is -2.36. The highest BCUT2D eigenvalue weighted by Crippen LogP contribution is 2.19. The monoisotopic (exact) mass is 367 g/mol. The molecule has 0 saturated carbocycles. The molecule has 1 N–H and O–H groups in total. The Hall–Kier alpha value is -3.13. The van der Waals surface area contributed by atoms with Crippen LogP contribution in [0, 0.1) is 6.92 Å². The number of fused-ring (bicyclic) bond motifs is 1. The highest BCUT2D eigenvalue weighted by Gasteiger charge is 2.17. The first kappa shape index (κ1) is 17.3. The lowest BCUT2D eigenvalue weighted by Gasteiger charge is -2.28. The second-order valence-corrected chi connectivity index (χ2v) is 6.61. The van der Waals surface area contributed by atoms with Crippen LogP contribution in [-0.4, -0.2) is 46.2 Å². The van der Waals surface area contributed by atoms with E-state index < -0.39 is 0 Å². The highest BCUT2D eigenvalue weighted by molar-refractivity contribution is 6.03. The van der Waals surface area contributed by atoms with Crippen LogP contribution in [0.3, 0.4) is 0 Å². The van der Waals surface area contributed by atoms with Gasteiger partial charge in [-0.15, -0.1) is 0 Å². The molecule has 8 heteroatoms. The van der Waals surface area contributed by atoms with Crippen LogP contribution >= 0.6 is 0 Å². The molecular weight excluding hydrogens is 346 g/mol. The quantitative estimate of drug-likeness (QED) is 0.757.